The second-order valence-electron chi connectivity index (χ2n) is 9.38. The molecule has 4 rings (SSSR count). The van der Waals surface area contributed by atoms with Crippen LogP contribution in [0.3, 0.4) is 0 Å². The molecule has 2 aromatic rings. The number of pyridine rings is 1. The molecule has 2 heterocycles. The van der Waals surface area contributed by atoms with Gasteiger partial charge in [0.05, 0.1) is 4.92 Å². The highest BCUT2D eigenvalue weighted by atomic mass is 19.4. The van der Waals surface area contributed by atoms with E-state index >= 15 is 0 Å². The first-order chi connectivity index (χ1) is 18.1. The summed E-state index contributed by atoms with van der Waals surface area (Å²) in [4.78, 5) is 30.3. The van der Waals surface area contributed by atoms with Gasteiger partial charge in [0.15, 0.2) is 0 Å². The standard InChI is InChI=1S/C25H31F3N6O4/c1-2-29-24(35)33-13-11-32(12-14-33)19-9-10-30-23(16-19)38-20-6-3-17(4-7-20)31-18-5-8-22(34(36)37)21(15-18)25(26,27)28/h5,8-10,15-17,20,31H,2-4,6-7,11-14H2,1H3,(H,29,35). The predicted octanol–water partition coefficient (Wildman–Crippen LogP) is 4.66. The molecule has 0 atom stereocenters. The number of nitrogens with zero attached hydrogens (tertiary/aromatic N) is 4. The molecule has 1 saturated carbocycles. The van der Waals surface area contributed by atoms with Crippen LogP contribution in [0.2, 0.25) is 0 Å². The largest absolute Gasteiger partial charge is 0.474 e. The van der Waals surface area contributed by atoms with Gasteiger partial charge in [0.2, 0.25) is 5.88 Å². The fourth-order valence-corrected chi connectivity index (χ4v) is 4.83. The van der Waals surface area contributed by atoms with E-state index in [-0.39, 0.29) is 23.9 Å². The van der Waals surface area contributed by atoms with E-state index < -0.39 is 22.4 Å². The zero-order chi connectivity index (χ0) is 27.3. The Morgan fingerprint density at radius 3 is 2.47 bits per heavy atom. The van der Waals surface area contributed by atoms with E-state index in [1.54, 1.807) is 11.1 Å². The van der Waals surface area contributed by atoms with E-state index in [2.05, 4.69) is 20.5 Å². The number of rotatable bonds is 7. The van der Waals surface area contributed by atoms with Gasteiger partial charge in [-0.15, -0.1) is 0 Å². The van der Waals surface area contributed by atoms with Crippen molar-refractivity contribution in [2.24, 2.45) is 0 Å². The maximum Gasteiger partial charge on any atom is 0.423 e. The summed E-state index contributed by atoms with van der Waals surface area (Å²) in [5.41, 5.74) is -1.05. The van der Waals surface area contributed by atoms with E-state index in [0.29, 0.717) is 64.3 Å². The van der Waals surface area contributed by atoms with Crippen LogP contribution in [0.15, 0.2) is 36.5 Å². The Kier molecular flexibility index (Phi) is 8.42. The Morgan fingerprint density at radius 1 is 1.13 bits per heavy atom. The number of halogens is 3. The van der Waals surface area contributed by atoms with Crippen LogP contribution in [0.5, 0.6) is 5.88 Å². The van der Waals surface area contributed by atoms with Crippen LogP contribution < -0.4 is 20.3 Å². The third-order valence-electron chi connectivity index (χ3n) is 6.81. The van der Waals surface area contributed by atoms with Gasteiger partial charge in [0.1, 0.15) is 11.7 Å². The third-order valence-corrected chi connectivity index (χ3v) is 6.81. The number of carbonyl (C=O) groups is 1. The number of nitro benzene ring substituents is 1. The Labute approximate surface area is 218 Å². The van der Waals surface area contributed by atoms with Crippen LogP contribution in [-0.4, -0.2) is 65.7 Å². The molecule has 1 saturated heterocycles. The Bertz CT molecular complexity index is 1130. The molecule has 206 valence electrons. The van der Waals surface area contributed by atoms with Crippen LogP contribution in [-0.2, 0) is 6.18 Å². The van der Waals surface area contributed by atoms with Crippen LogP contribution in [0.4, 0.5) is 35.0 Å². The molecular weight excluding hydrogens is 505 g/mol. The van der Waals surface area contributed by atoms with Crippen molar-refractivity contribution in [3.8, 4) is 5.88 Å². The molecule has 0 spiro atoms. The minimum atomic E-state index is -4.82. The van der Waals surface area contributed by atoms with E-state index in [9.17, 15) is 28.1 Å². The van der Waals surface area contributed by atoms with Gasteiger partial charge < -0.3 is 25.2 Å². The van der Waals surface area contributed by atoms with Gasteiger partial charge in [-0.05, 0) is 50.8 Å². The quantitative estimate of drug-likeness (QED) is 0.391. The molecule has 2 aliphatic rings. The van der Waals surface area contributed by atoms with Crippen molar-refractivity contribution < 1.29 is 27.6 Å². The molecule has 2 N–H and O–H groups in total. The first-order valence-corrected chi connectivity index (χ1v) is 12.7. The van der Waals surface area contributed by atoms with Crippen molar-refractivity contribution in [1.29, 1.82) is 0 Å². The Hall–Kier alpha value is -3.77. The lowest BCUT2D eigenvalue weighted by molar-refractivity contribution is -0.388. The number of carbonyl (C=O) groups excluding carboxylic acids is 1. The molecule has 10 nitrogen and oxygen atoms in total. The number of hydrogen-bond acceptors (Lipinski definition) is 7. The molecule has 0 bridgehead atoms. The minimum absolute atomic E-state index is 0.0506. The van der Waals surface area contributed by atoms with Gasteiger partial charge in [0.25, 0.3) is 5.69 Å². The number of amides is 2. The van der Waals surface area contributed by atoms with Crippen LogP contribution in [0, 0.1) is 10.1 Å². The normalized spacial score (nSPS) is 20.1. The highest BCUT2D eigenvalue weighted by Crippen LogP contribution is 2.38. The lowest BCUT2D eigenvalue weighted by Gasteiger charge is -2.36. The summed E-state index contributed by atoms with van der Waals surface area (Å²) in [6.07, 6.45) is -0.477. The average Bonchev–Trinajstić information content (AvgIpc) is 2.89. The topological polar surface area (TPSA) is 113 Å². The van der Waals surface area contributed by atoms with Gasteiger partial charge in [0, 0.05) is 68.5 Å². The average molecular weight is 537 g/mol. The van der Waals surface area contributed by atoms with Crippen molar-refractivity contribution in [2.75, 3.05) is 42.9 Å². The minimum Gasteiger partial charge on any atom is -0.474 e. The lowest BCUT2D eigenvalue weighted by atomic mass is 9.92. The van der Waals surface area contributed by atoms with Crippen LogP contribution >= 0.6 is 0 Å². The highest BCUT2D eigenvalue weighted by Gasteiger charge is 2.38. The van der Waals surface area contributed by atoms with E-state index in [1.165, 1.54) is 6.07 Å². The number of hydrogen-bond donors (Lipinski definition) is 2. The first kappa shape index (κ1) is 27.3. The fourth-order valence-electron chi connectivity index (χ4n) is 4.83. The number of piperazine rings is 1. The zero-order valence-corrected chi connectivity index (χ0v) is 21.0. The Balaban J connectivity index is 1.29. The van der Waals surface area contributed by atoms with Crippen molar-refractivity contribution in [2.45, 2.75) is 50.9 Å². The molecule has 2 amide bonds. The number of alkyl halides is 3. The monoisotopic (exact) mass is 536 g/mol. The molecule has 1 aliphatic heterocycles. The predicted molar refractivity (Wildman–Crippen MR) is 135 cm³/mol. The van der Waals surface area contributed by atoms with Crippen molar-refractivity contribution in [3.05, 3.63) is 52.2 Å². The molecule has 1 aromatic heterocycles. The number of benzene rings is 1. The van der Waals surface area contributed by atoms with E-state index in [0.717, 1.165) is 17.8 Å². The molecule has 13 heteroatoms. The Morgan fingerprint density at radius 2 is 1.84 bits per heavy atom. The number of ether oxygens (including phenoxy) is 1. The lowest BCUT2D eigenvalue weighted by Crippen LogP contribution is -2.51. The van der Waals surface area contributed by atoms with Gasteiger partial charge in [-0.25, -0.2) is 9.78 Å². The van der Waals surface area contributed by atoms with Gasteiger partial charge in [-0.3, -0.25) is 10.1 Å². The second-order valence-corrected chi connectivity index (χ2v) is 9.38. The summed E-state index contributed by atoms with van der Waals surface area (Å²) in [7, 11) is 0. The summed E-state index contributed by atoms with van der Waals surface area (Å²) in [6.45, 7) is 5.15. The van der Waals surface area contributed by atoms with Gasteiger partial charge in [-0.1, -0.05) is 0 Å². The SMILES string of the molecule is CCNC(=O)N1CCN(c2ccnc(OC3CCC(Nc4ccc([N+](=O)[O-])c(C(F)(F)F)c4)CC3)c2)CC1. The summed E-state index contributed by atoms with van der Waals surface area (Å²) >= 11 is 0. The number of aromatic nitrogens is 1. The molecule has 0 radical (unpaired) electrons. The highest BCUT2D eigenvalue weighted by molar-refractivity contribution is 5.74. The van der Waals surface area contributed by atoms with Gasteiger partial charge in [-0.2, -0.15) is 13.2 Å². The van der Waals surface area contributed by atoms with E-state index in [1.807, 2.05) is 19.1 Å². The molecule has 1 aliphatic carbocycles. The number of anilines is 2. The third kappa shape index (κ3) is 6.75. The number of urea groups is 1. The van der Waals surface area contributed by atoms with E-state index in [4.69, 9.17) is 4.74 Å². The number of nitrogens with one attached hydrogen (secondary N) is 2. The molecule has 1 aromatic carbocycles. The molecule has 2 fully saturated rings. The first-order valence-electron chi connectivity index (χ1n) is 12.7. The summed E-state index contributed by atoms with van der Waals surface area (Å²) in [5.74, 6) is 0.509. The maximum atomic E-state index is 13.3. The summed E-state index contributed by atoms with van der Waals surface area (Å²) in [5, 5.41) is 16.9. The molecule has 38 heavy (non-hydrogen) atoms. The van der Waals surface area contributed by atoms with Crippen LogP contribution in [0.25, 0.3) is 0 Å². The zero-order valence-electron chi connectivity index (χ0n) is 21.0. The smallest absolute Gasteiger partial charge is 0.423 e. The summed E-state index contributed by atoms with van der Waals surface area (Å²) in [6, 6.07) is 6.67. The van der Waals surface area contributed by atoms with Crippen molar-refractivity contribution in [3.63, 3.8) is 0 Å². The van der Waals surface area contributed by atoms with Crippen LogP contribution in [0.1, 0.15) is 38.2 Å². The van der Waals surface area contributed by atoms with Gasteiger partial charge >= 0.3 is 12.2 Å². The number of nitro groups is 1. The second kappa shape index (κ2) is 11.7. The summed E-state index contributed by atoms with van der Waals surface area (Å²) < 4.78 is 45.9. The van der Waals surface area contributed by atoms with Crippen molar-refractivity contribution in [1.82, 2.24) is 15.2 Å². The maximum absolute atomic E-state index is 13.3. The molecule has 0 unspecified atom stereocenters. The van der Waals surface area contributed by atoms with Crippen molar-refractivity contribution >= 4 is 23.1 Å². The fraction of sp³-hybridized carbons (Fsp3) is 0.520. The molecular formula is C25H31F3N6O4.